The molecule has 0 aliphatic rings. The minimum atomic E-state index is -0.542. The number of guanidine groups is 1. The van der Waals surface area contributed by atoms with Gasteiger partial charge >= 0.3 is 6.09 Å². The number of amides is 1. The number of nitrogens with zero attached hydrogens (tertiary/aromatic N) is 1. The van der Waals surface area contributed by atoms with Crippen molar-refractivity contribution >= 4 is 23.4 Å². The van der Waals surface area contributed by atoms with Crippen molar-refractivity contribution < 1.29 is 9.53 Å². The molecule has 0 atom stereocenters. The highest BCUT2D eigenvalue weighted by Crippen LogP contribution is 2.22. The van der Waals surface area contributed by atoms with Gasteiger partial charge in [0.1, 0.15) is 0 Å². The third kappa shape index (κ3) is 3.16. The first kappa shape index (κ1) is 11.8. The fourth-order valence-corrected chi connectivity index (χ4v) is 1.12. The van der Waals surface area contributed by atoms with Crippen LogP contribution in [0.25, 0.3) is 0 Å². The Hall–Kier alpha value is -2.24. The molecule has 0 heterocycles. The van der Waals surface area contributed by atoms with Crippen LogP contribution in [-0.2, 0) is 4.74 Å². The van der Waals surface area contributed by atoms with Crippen molar-refractivity contribution in [2.24, 2.45) is 16.5 Å². The van der Waals surface area contributed by atoms with Crippen LogP contribution in [0.1, 0.15) is 5.56 Å². The average Bonchev–Trinajstić information content (AvgIpc) is 2.22. The molecule has 16 heavy (non-hydrogen) atoms. The first-order valence-corrected chi connectivity index (χ1v) is 4.58. The molecule has 0 bridgehead atoms. The van der Waals surface area contributed by atoms with Crippen molar-refractivity contribution in [2.45, 2.75) is 6.92 Å². The maximum Gasteiger partial charge on any atom is 0.411 e. The molecule has 1 rings (SSSR count). The van der Waals surface area contributed by atoms with Crippen LogP contribution in [0.5, 0.6) is 0 Å². The molecule has 0 saturated carbocycles. The van der Waals surface area contributed by atoms with Crippen LogP contribution in [0.4, 0.5) is 16.2 Å². The number of nitrogens with one attached hydrogen (secondary N) is 1. The molecule has 0 aliphatic heterocycles. The predicted molar refractivity (Wildman–Crippen MR) is 62.7 cm³/mol. The van der Waals surface area contributed by atoms with E-state index in [0.717, 1.165) is 5.56 Å². The molecule has 0 radical (unpaired) electrons. The van der Waals surface area contributed by atoms with E-state index in [1.807, 2.05) is 6.92 Å². The predicted octanol–water partition coefficient (Wildman–Crippen LogP) is 1.08. The van der Waals surface area contributed by atoms with Gasteiger partial charge in [-0.3, -0.25) is 5.32 Å². The fourth-order valence-electron chi connectivity index (χ4n) is 1.12. The van der Waals surface area contributed by atoms with E-state index in [1.165, 1.54) is 7.11 Å². The van der Waals surface area contributed by atoms with Crippen LogP contribution < -0.4 is 16.8 Å². The molecule has 0 fully saturated rings. The monoisotopic (exact) mass is 222 g/mol. The number of aryl methyl sites for hydroxylation is 1. The van der Waals surface area contributed by atoms with Gasteiger partial charge in [0, 0.05) is 5.69 Å². The first-order valence-electron chi connectivity index (χ1n) is 4.58. The fraction of sp³-hybridized carbons (Fsp3) is 0.200. The van der Waals surface area contributed by atoms with Gasteiger partial charge in [-0.15, -0.1) is 0 Å². The Balaban J connectivity index is 2.98. The van der Waals surface area contributed by atoms with Crippen molar-refractivity contribution in [1.82, 2.24) is 0 Å². The summed E-state index contributed by atoms with van der Waals surface area (Å²) in [6.07, 6.45) is -0.542. The zero-order chi connectivity index (χ0) is 12.1. The summed E-state index contributed by atoms with van der Waals surface area (Å²) in [4.78, 5) is 14.9. The van der Waals surface area contributed by atoms with Gasteiger partial charge in [-0.25, -0.2) is 9.79 Å². The van der Waals surface area contributed by atoms with Gasteiger partial charge in [0.05, 0.1) is 12.8 Å². The molecule has 5 N–H and O–H groups in total. The van der Waals surface area contributed by atoms with Crippen molar-refractivity contribution in [2.75, 3.05) is 12.4 Å². The maximum absolute atomic E-state index is 11.0. The smallest absolute Gasteiger partial charge is 0.411 e. The van der Waals surface area contributed by atoms with Crippen LogP contribution in [0, 0.1) is 6.92 Å². The van der Waals surface area contributed by atoms with Gasteiger partial charge in [-0.2, -0.15) is 0 Å². The number of ether oxygens (including phenoxy) is 1. The van der Waals surface area contributed by atoms with E-state index in [4.69, 9.17) is 11.5 Å². The largest absolute Gasteiger partial charge is 0.453 e. The third-order valence-electron chi connectivity index (χ3n) is 1.89. The highest BCUT2D eigenvalue weighted by molar-refractivity contribution is 5.86. The van der Waals surface area contributed by atoms with E-state index in [2.05, 4.69) is 15.0 Å². The summed E-state index contributed by atoms with van der Waals surface area (Å²) in [7, 11) is 1.29. The maximum atomic E-state index is 11.0. The topological polar surface area (TPSA) is 103 Å². The number of aliphatic imine (C=N–C) groups is 1. The molecule has 86 valence electrons. The Morgan fingerprint density at radius 2 is 2.12 bits per heavy atom. The number of methoxy groups -OCH3 is 1. The molecule has 0 unspecified atom stereocenters. The van der Waals surface area contributed by atoms with Crippen LogP contribution in [-0.4, -0.2) is 19.2 Å². The zero-order valence-electron chi connectivity index (χ0n) is 9.15. The molecular formula is C10H14N4O2. The van der Waals surface area contributed by atoms with Gasteiger partial charge in [-0.1, -0.05) is 6.07 Å². The number of carbonyl (C=O) groups is 1. The van der Waals surface area contributed by atoms with Crippen molar-refractivity contribution in [3.63, 3.8) is 0 Å². The number of anilines is 1. The summed E-state index contributed by atoms with van der Waals surface area (Å²) < 4.78 is 4.47. The van der Waals surface area contributed by atoms with Gasteiger partial charge < -0.3 is 16.2 Å². The van der Waals surface area contributed by atoms with Gasteiger partial charge in [0.15, 0.2) is 5.96 Å². The molecule has 1 aromatic rings. The van der Waals surface area contributed by atoms with Crippen molar-refractivity contribution in [3.8, 4) is 0 Å². The van der Waals surface area contributed by atoms with E-state index in [1.54, 1.807) is 18.2 Å². The van der Waals surface area contributed by atoms with Gasteiger partial charge in [0.2, 0.25) is 0 Å². The number of rotatable bonds is 2. The normalized spacial score (nSPS) is 9.38. The van der Waals surface area contributed by atoms with E-state index >= 15 is 0 Å². The van der Waals surface area contributed by atoms with Crippen LogP contribution in [0.15, 0.2) is 23.2 Å². The van der Waals surface area contributed by atoms with Crippen LogP contribution >= 0.6 is 0 Å². The van der Waals surface area contributed by atoms with E-state index in [-0.39, 0.29) is 5.96 Å². The zero-order valence-corrected chi connectivity index (χ0v) is 9.15. The third-order valence-corrected chi connectivity index (χ3v) is 1.89. The molecule has 6 heteroatoms. The Morgan fingerprint density at radius 1 is 1.44 bits per heavy atom. The lowest BCUT2D eigenvalue weighted by Gasteiger charge is -2.06. The number of hydrogen-bond acceptors (Lipinski definition) is 3. The minimum Gasteiger partial charge on any atom is -0.453 e. The number of carbonyl (C=O) groups excluding carboxylic acids is 1. The Bertz CT molecular complexity index is 425. The molecule has 0 aliphatic carbocycles. The lowest BCUT2D eigenvalue weighted by Crippen LogP contribution is -2.22. The summed E-state index contributed by atoms with van der Waals surface area (Å²) in [6, 6.07) is 5.19. The summed E-state index contributed by atoms with van der Waals surface area (Å²) in [5.74, 6) is -0.0293. The Kier molecular flexibility index (Phi) is 3.71. The Morgan fingerprint density at radius 3 is 2.69 bits per heavy atom. The highest BCUT2D eigenvalue weighted by Gasteiger charge is 2.03. The van der Waals surface area contributed by atoms with E-state index < -0.39 is 6.09 Å². The number of nitrogens with two attached hydrogens (primary N) is 2. The quantitative estimate of drug-likeness (QED) is 0.514. The van der Waals surface area contributed by atoms with Crippen LogP contribution in [0.2, 0.25) is 0 Å². The van der Waals surface area contributed by atoms with Gasteiger partial charge in [-0.05, 0) is 24.6 Å². The highest BCUT2D eigenvalue weighted by atomic mass is 16.5. The second-order valence-electron chi connectivity index (χ2n) is 3.15. The molecular weight excluding hydrogens is 208 g/mol. The summed E-state index contributed by atoms with van der Waals surface area (Å²) in [6.45, 7) is 1.86. The second-order valence-corrected chi connectivity index (χ2v) is 3.15. The number of benzene rings is 1. The second kappa shape index (κ2) is 5.01. The first-order chi connectivity index (χ1) is 7.52. The molecule has 0 spiro atoms. The summed E-state index contributed by atoms with van der Waals surface area (Å²) in [5, 5.41) is 2.52. The summed E-state index contributed by atoms with van der Waals surface area (Å²) in [5.41, 5.74) is 12.7. The van der Waals surface area contributed by atoms with Gasteiger partial charge in [0.25, 0.3) is 0 Å². The van der Waals surface area contributed by atoms with Crippen LogP contribution in [0.3, 0.4) is 0 Å². The average molecular weight is 222 g/mol. The van der Waals surface area contributed by atoms with E-state index in [0.29, 0.717) is 11.4 Å². The molecule has 6 nitrogen and oxygen atoms in total. The standard InChI is InChI=1S/C10H14N4O2/c1-6-3-4-7(13-10(15)16-2)5-8(6)14-9(11)12/h3-5H,1-2H3,(H,13,15)(H4,11,12,14). The summed E-state index contributed by atoms with van der Waals surface area (Å²) >= 11 is 0. The molecule has 0 aromatic heterocycles. The van der Waals surface area contributed by atoms with E-state index in [9.17, 15) is 4.79 Å². The molecule has 1 aromatic carbocycles. The van der Waals surface area contributed by atoms with Crippen molar-refractivity contribution in [1.29, 1.82) is 0 Å². The lowest BCUT2D eigenvalue weighted by atomic mass is 10.2. The minimum absolute atomic E-state index is 0.0293. The SMILES string of the molecule is COC(=O)Nc1ccc(C)c(N=C(N)N)c1. The molecule has 0 saturated heterocycles. The lowest BCUT2D eigenvalue weighted by molar-refractivity contribution is 0.187. The Labute approximate surface area is 93.3 Å². The number of hydrogen-bond donors (Lipinski definition) is 3. The van der Waals surface area contributed by atoms with Crippen molar-refractivity contribution in [3.05, 3.63) is 23.8 Å². The molecule has 1 amide bonds.